The van der Waals surface area contributed by atoms with Crippen LogP contribution in [0.15, 0.2) is 24.3 Å². The van der Waals surface area contributed by atoms with Gasteiger partial charge in [0.2, 0.25) is 0 Å². The molecule has 0 aromatic carbocycles. The molecule has 2 N–H and O–H groups in total. The molecule has 0 aliphatic heterocycles. The van der Waals surface area contributed by atoms with Gasteiger partial charge in [-0.1, -0.05) is 135 Å². The number of carbonyl (C=O) groups is 3. The van der Waals surface area contributed by atoms with E-state index in [0.29, 0.717) is 19.3 Å². The Hall–Kier alpha value is -1.80. The van der Waals surface area contributed by atoms with Crippen molar-refractivity contribution in [3.63, 3.8) is 0 Å². The van der Waals surface area contributed by atoms with Gasteiger partial charge in [0.1, 0.15) is 6.61 Å². The van der Waals surface area contributed by atoms with Gasteiger partial charge in [0, 0.05) is 19.3 Å². The first-order valence-corrected chi connectivity index (χ1v) is 20.0. The summed E-state index contributed by atoms with van der Waals surface area (Å²) in [6.07, 6.45) is 28.9. The van der Waals surface area contributed by atoms with Crippen LogP contribution in [0.1, 0.15) is 168 Å². The number of rotatable bonds is 33. The van der Waals surface area contributed by atoms with Crippen LogP contribution in [0.3, 0.4) is 0 Å². The Morgan fingerprint density at radius 2 is 1.19 bits per heavy atom. The lowest BCUT2D eigenvalue weighted by Crippen LogP contribution is -2.29. The minimum absolute atomic E-state index is 0.162. The zero-order valence-electron chi connectivity index (χ0n) is 29.8. The zero-order valence-corrected chi connectivity index (χ0v) is 30.7. The molecule has 0 spiro atoms. The van der Waals surface area contributed by atoms with Crippen molar-refractivity contribution in [2.45, 2.75) is 175 Å². The Balaban J connectivity index is 4.05. The normalized spacial score (nSPS) is 12.7. The number of ether oxygens (including phenoxy) is 2. The Bertz CT molecular complexity index is 894. The van der Waals surface area contributed by atoms with E-state index in [-0.39, 0.29) is 25.2 Å². The van der Waals surface area contributed by atoms with Crippen LogP contribution in [0.2, 0.25) is 0 Å². The van der Waals surface area contributed by atoms with Crippen molar-refractivity contribution in [3.8, 4) is 0 Å². The number of phosphoric acid groups is 1. The van der Waals surface area contributed by atoms with Gasteiger partial charge in [0.15, 0.2) is 11.9 Å². The highest BCUT2D eigenvalue weighted by atomic mass is 31.2. The van der Waals surface area contributed by atoms with Crippen LogP contribution in [-0.2, 0) is 32.9 Å². The highest BCUT2D eigenvalue weighted by Crippen LogP contribution is 2.36. The van der Waals surface area contributed by atoms with E-state index in [2.05, 4.69) is 31.4 Å². The molecule has 0 aromatic rings. The van der Waals surface area contributed by atoms with Crippen molar-refractivity contribution < 1.29 is 42.7 Å². The molecule has 10 heteroatoms. The largest absolute Gasteiger partial charge is 0.469 e. The molecule has 0 radical (unpaired) electrons. The molecule has 0 saturated carbocycles. The summed E-state index contributed by atoms with van der Waals surface area (Å²) in [6.45, 7) is 5.80. The van der Waals surface area contributed by atoms with E-state index in [1.807, 2.05) is 6.08 Å². The SMILES string of the molecule is CCCCCC(=O)/C=C/C=C\CCCCCCCC(=O)O[C@H](COC(=O)CCCCCCCCCCCCC(C)C)COP(=O)(O)O. The molecule has 0 rings (SSSR count). The molecule has 274 valence electrons. The van der Waals surface area contributed by atoms with Crippen molar-refractivity contribution >= 4 is 25.5 Å². The van der Waals surface area contributed by atoms with Crippen LogP contribution in [-0.4, -0.2) is 46.8 Å². The maximum atomic E-state index is 12.3. The van der Waals surface area contributed by atoms with E-state index in [9.17, 15) is 18.9 Å². The second kappa shape index (κ2) is 31.5. The molecular formula is C37H67O9P. The van der Waals surface area contributed by atoms with E-state index in [1.54, 1.807) is 12.2 Å². The molecule has 0 aromatic heterocycles. The van der Waals surface area contributed by atoms with Crippen molar-refractivity contribution in [3.05, 3.63) is 24.3 Å². The monoisotopic (exact) mass is 686 g/mol. The summed E-state index contributed by atoms with van der Waals surface area (Å²) < 4.78 is 26.2. The summed E-state index contributed by atoms with van der Waals surface area (Å²) in [5.74, 6) is 0.0195. The lowest BCUT2D eigenvalue weighted by molar-refractivity contribution is -0.161. The quantitative estimate of drug-likeness (QED) is 0.0227. The van der Waals surface area contributed by atoms with Gasteiger partial charge in [-0.3, -0.25) is 18.9 Å². The minimum atomic E-state index is -4.77. The third kappa shape index (κ3) is 35.3. The highest BCUT2D eigenvalue weighted by Gasteiger charge is 2.22. The van der Waals surface area contributed by atoms with Gasteiger partial charge in [-0.05, 0) is 44.1 Å². The summed E-state index contributed by atoms with van der Waals surface area (Å²) >= 11 is 0. The fourth-order valence-corrected chi connectivity index (χ4v) is 5.43. The summed E-state index contributed by atoms with van der Waals surface area (Å²) in [4.78, 5) is 54.3. The van der Waals surface area contributed by atoms with E-state index in [4.69, 9.17) is 19.3 Å². The molecule has 9 nitrogen and oxygen atoms in total. The lowest BCUT2D eigenvalue weighted by atomic mass is 10.0. The van der Waals surface area contributed by atoms with Gasteiger partial charge in [-0.15, -0.1) is 0 Å². The van der Waals surface area contributed by atoms with Crippen LogP contribution in [0, 0.1) is 5.92 Å². The molecule has 0 heterocycles. The Kier molecular flexibility index (Phi) is 30.3. The first-order chi connectivity index (χ1) is 22.5. The van der Waals surface area contributed by atoms with Gasteiger partial charge < -0.3 is 19.3 Å². The summed E-state index contributed by atoms with van der Waals surface area (Å²) in [5, 5.41) is 0. The summed E-state index contributed by atoms with van der Waals surface area (Å²) in [6, 6.07) is 0. The molecule has 0 fully saturated rings. The molecular weight excluding hydrogens is 619 g/mol. The molecule has 0 aliphatic rings. The Labute approximate surface area is 285 Å². The second-order valence-corrected chi connectivity index (χ2v) is 14.3. The van der Waals surface area contributed by atoms with Gasteiger partial charge >= 0.3 is 19.8 Å². The number of allylic oxidation sites excluding steroid dienone is 4. The predicted molar refractivity (Wildman–Crippen MR) is 189 cm³/mol. The lowest BCUT2D eigenvalue weighted by Gasteiger charge is -2.18. The van der Waals surface area contributed by atoms with Crippen molar-refractivity contribution in [2.75, 3.05) is 13.2 Å². The maximum Gasteiger partial charge on any atom is 0.469 e. The number of esters is 2. The van der Waals surface area contributed by atoms with Crippen molar-refractivity contribution in [1.82, 2.24) is 0 Å². The fourth-order valence-electron chi connectivity index (χ4n) is 5.07. The van der Waals surface area contributed by atoms with Crippen LogP contribution < -0.4 is 0 Å². The van der Waals surface area contributed by atoms with Gasteiger partial charge in [0.25, 0.3) is 0 Å². The molecule has 47 heavy (non-hydrogen) atoms. The molecule has 0 amide bonds. The van der Waals surface area contributed by atoms with Gasteiger partial charge in [0.05, 0.1) is 6.61 Å². The number of phosphoric ester groups is 1. The zero-order chi connectivity index (χ0) is 35.0. The van der Waals surface area contributed by atoms with E-state index < -0.39 is 32.5 Å². The van der Waals surface area contributed by atoms with Crippen molar-refractivity contribution in [2.24, 2.45) is 5.92 Å². The van der Waals surface area contributed by atoms with Crippen LogP contribution in [0.5, 0.6) is 0 Å². The second-order valence-electron chi connectivity index (χ2n) is 13.1. The topological polar surface area (TPSA) is 136 Å². The van der Waals surface area contributed by atoms with Crippen LogP contribution >= 0.6 is 7.82 Å². The average Bonchev–Trinajstić information content (AvgIpc) is 3.01. The summed E-state index contributed by atoms with van der Waals surface area (Å²) in [5.41, 5.74) is 0. The van der Waals surface area contributed by atoms with Gasteiger partial charge in [-0.25, -0.2) is 4.57 Å². The first-order valence-electron chi connectivity index (χ1n) is 18.4. The molecule has 0 saturated heterocycles. The number of ketones is 1. The number of unbranched alkanes of at least 4 members (excludes halogenated alkanes) is 16. The van der Waals surface area contributed by atoms with Crippen LogP contribution in [0.4, 0.5) is 0 Å². The number of carbonyl (C=O) groups excluding carboxylic acids is 3. The fraction of sp³-hybridized carbons (Fsp3) is 0.811. The molecule has 1 atom stereocenters. The maximum absolute atomic E-state index is 12.3. The van der Waals surface area contributed by atoms with Crippen molar-refractivity contribution in [1.29, 1.82) is 0 Å². The average molecular weight is 687 g/mol. The third-order valence-electron chi connectivity index (χ3n) is 7.88. The summed E-state index contributed by atoms with van der Waals surface area (Å²) in [7, 11) is -4.77. The van der Waals surface area contributed by atoms with E-state index in [1.165, 1.54) is 44.9 Å². The number of hydrogen-bond acceptors (Lipinski definition) is 7. The smallest absolute Gasteiger partial charge is 0.462 e. The predicted octanol–water partition coefficient (Wildman–Crippen LogP) is 9.88. The standard InChI is InChI=1S/C37H67O9P/c1-4-5-21-27-34(38)28-23-18-14-10-8-12-16-20-25-30-37(40)46-35(32-45-47(41,42)43)31-44-36(39)29-24-19-15-11-7-6-9-13-17-22-26-33(2)3/h14,18,23,28,33,35H,4-13,15-17,19-22,24-27,29-32H2,1-3H3,(H2,41,42,43)/b18-14-,28-23+/t35-/m1/s1. The Morgan fingerprint density at radius 1 is 0.660 bits per heavy atom. The molecule has 0 aliphatic carbocycles. The number of hydrogen-bond donors (Lipinski definition) is 2. The first kappa shape index (κ1) is 45.2. The minimum Gasteiger partial charge on any atom is -0.462 e. The van der Waals surface area contributed by atoms with E-state index >= 15 is 0 Å². The van der Waals surface area contributed by atoms with Crippen LogP contribution in [0.25, 0.3) is 0 Å². The van der Waals surface area contributed by atoms with Gasteiger partial charge in [-0.2, -0.15) is 0 Å². The Morgan fingerprint density at radius 3 is 1.77 bits per heavy atom. The molecule has 0 unspecified atom stereocenters. The molecule has 0 bridgehead atoms. The highest BCUT2D eigenvalue weighted by molar-refractivity contribution is 7.46. The third-order valence-corrected chi connectivity index (χ3v) is 8.36. The van der Waals surface area contributed by atoms with E-state index in [0.717, 1.165) is 76.5 Å².